The van der Waals surface area contributed by atoms with E-state index in [2.05, 4.69) is 31.3 Å². The van der Waals surface area contributed by atoms with E-state index < -0.39 is 0 Å². The predicted molar refractivity (Wildman–Crippen MR) is 79.8 cm³/mol. The summed E-state index contributed by atoms with van der Waals surface area (Å²) >= 11 is 0. The van der Waals surface area contributed by atoms with Gasteiger partial charge in [-0.1, -0.05) is 13.0 Å². The van der Waals surface area contributed by atoms with E-state index in [0.29, 0.717) is 12.0 Å². The second-order valence-corrected chi connectivity index (χ2v) is 5.28. The van der Waals surface area contributed by atoms with Crippen LogP contribution in [0.15, 0.2) is 18.2 Å². The zero-order valence-corrected chi connectivity index (χ0v) is 12.6. The summed E-state index contributed by atoms with van der Waals surface area (Å²) in [6.07, 6.45) is 0.939. The number of hydrogen-bond donors (Lipinski definition) is 1. The van der Waals surface area contributed by atoms with E-state index in [1.54, 1.807) is 7.11 Å². The molecule has 0 aliphatic carbocycles. The summed E-state index contributed by atoms with van der Waals surface area (Å²) in [5, 5.41) is 3.48. The monoisotopic (exact) mass is 279 g/mol. The van der Waals surface area contributed by atoms with Gasteiger partial charge in [0, 0.05) is 26.1 Å². The molecule has 0 fully saturated rings. The molecule has 20 heavy (non-hydrogen) atoms. The average molecular weight is 279 g/mol. The molecule has 1 N–H and O–H groups in total. The van der Waals surface area contributed by atoms with Crippen LogP contribution in [0, 0.1) is 0 Å². The molecule has 2 unspecified atom stereocenters. The van der Waals surface area contributed by atoms with Crippen molar-refractivity contribution in [3.63, 3.8) is 0 Å². The third-order valence-electron chi connectivity index (χ3n) is 3.82. The Kier molecular flexibility index (Phi) is 5.68. The fourth-order valence-corrected chi connectivity index (χ4v) is 2.32. The van der Waals surface area contributed by atoms with Gasteiger partial charge in [0.15, 0.2) is 11.5 Å². The lowest BCUT2D eigenvalue weighted by Gasteiger charge is -2.22. The third kappa shape index (κ3) is 3.87. The molecule has 2 atom stereocenters. The number of ether oxygens (including phenoxy) is 3. The minimum atomic E-state index is 0.384. The molecular formula is C16H25NO3. The van der Waals surface area contributed by atoms with Gasteiger partial charge in [0.1, 0.15) is 0 Å². The number of nitrogens with one attached hydrogen (secondary N) is 1. The molecule has 0 saturated carbocycles. The van der Waals surface area contributed by atoms with E-state index in [0.717, 1.165) is 44.3 Å². The molecule has 1 aliphatic heterocycles. The summed E-state index contributed by atoms with van der Waals surface area (Å²) in [7, 11) is 1.72. The molecule has 0 spiro atoms. The summed E-state index contributed by atoms with van der Waals surface area (Å²) in [6.45, 7) is 7.49. The smallest absolute Gasteiger partial charge is 0.161 e. The first-order valence-electron chi connectivity index (χ1n) is 7.34. The third-order valence-corrected chi connectivity index (χ3v) is 3.82. The van der Waals surface area contributed by atoms with Crippen LogP contribution < -0.4 is 14.8 Å². The molecular weight excluding hydrogens is 254 g/mol. The van der Waals surface area contributed by atoms with Crippen molar-refractivity contribution in [1.82, 2.24) is 5.32 Å². The molecule has 1 aliphatic rings. The minimum absolute atomic E-state index is 0.384. The van der Waals surface area contributed by atoms with Gasteiger partial charge in [-0.05, 0) is 30.5 Å². The van der Waals surface area contributed by atoms with Crippen molar-refractivity contribution in [1.29, 1.82) is 0 Å². The van der Waals surface area contributed by atoms with Gasteiger partial charge < -0.3 is 19.5 Å². The van der Waals surface area contributed by atoms with Crippen LogP contribution in [0.4, 0.5) is 0 Å². The van der Waals surface area contributed by atoms with Gasteiger partial charge >= 0.3 is 0 Å². The maximum absolute atomic E-state index is 5.75. The van der Waals surface area contributed by atoms with Crippen LogP contribution in [0.25, 0.3) is 0 Å². The van der Waals surface area contributed by atoms with Gasteiger partial charge in [-0.2, -0.15) is 0 Å². The Morgan fingerprint density at radius 3 is 2.70 bits per heavy atom. The Balaban J connectivity index is 2.02. The Bertz CT molecular complexity index is 422. The molecule has 0 radical (unpaired) electrons. The van der Waals surface area contributed by atoms with Crippen LogP contribution in [0.3, 0.4) is 0 Å². The molecule has 4 nitrogen and oxygen atoms in total. The maximum Gasteiger partial charge on any atom is 0.161 e. The van der Waals surface area contributed by atoms with Gasteiger partial charge in [-0.15, -0.1) is 0 Å². The SMILES string of the molecule is COCCNC(C)C(C)c1ccc2c(c1)OCCCO2. The van der Waals surface area contributed by atoms with Crippen molar-refractivity contribution in [3.05, 3.63) is 23.8 Å². The molecule has 0 bridgehead atoms. The van der Waals surface area contributed by atoms with Crippen molar-refractivity contribution in [2.45, 2.75) is 32.2 Å². The molecule has 1 aromatic carbocycles. The van der Waals surface area contributed by atoms with Crippen LogP contribution in [0.2, 0.25) is 0 Å². The van der Waals surface area contributed by atoms with E-state index in [1.165, 1.54) is 5.56 Å². The molecule has 0 aromatic heterocycles. The summed E-state index contributed by atoms with van der Waals surface area (Å²) in [4.78, 5) is 0. The molecule has 1 aromatic rings. The standard InChI is InChI=1S/C16H25NO3/c1-12(13(2)17-7-10-18-3)14-5-6-15-16(11-14)20-9-4-8-19-15/h5-6,11-13,17H,4,7-10H2,1-3H3. The number of hydrogen-bond acceptors (Lipinski definition) is 4. The Labute approximate surface area is 121 Å². The normalized spacial score (nSPS) is 17.4. The lowest BCUT2D eigenvalue weighted by molar-refractivity contribution is 0.195. The molecule has 112 valence electrons. The van der Waals surface area contributed by atoms with E-state index in [9.17, 15) is 0 Å². The Morgan fingerprint density at radius 1 is 1.20 bits per heavy atom. The fraction of sp³-hybridized carbons (Fsp3) is 0.625. The van der Waals surface area contributed by atoms with Crippen LogP contribution in [0.5, 0.6) is 11.5 Å². The highest BCUT2D eigenvalue weighted by molar-refractivity contribution is 5.44. The number of fused-ring (bicyclic) bond motifs is 1. The number of rotatable bonds is 6. The topological polar surface area (TPSA) is 39.7 Å². The largest absolute Gasteiger partial charge is 0.490 e. The lowest BCUT2D eigenvalue weighted by atomic mass is 9.94. The quantitative estimate of drug-likeness (QED) is 0.812. The zero-order chi connectivity index (χ0) is 14.4. The highest BCUT2D eigenvalue weighted by atomic mass is 16.5. The van der Waals surface area contributed by atoms with Gasteiger partial charge in [0.2, 0.25) is 0 Å². The molecule has 4 heteroatoms. The van der Waals surface area contributed by atoms with Gasteiger partial charge in [-0.25, -0.2) is 0 Å². The zero-order valence-electron chi connectivity index (χ0n) is 12.6. The van der Waals surface area contributed by atoms with Gasteiger partial charge in [-0.3, -0.25) is 0 Å². The summed E-state index contributed by atoms with van der Waals surface area (Å²) in [6, 6.07) is 6.65. The van der Waals surface area contributed by atoms with Crippen LogP contribution in [-0.2, 0) is 4.74 Å². The summed E-state index contributed by atoms with van der Waals surface area (Å²) < 4.78 is 16.5. The van der Waals surface area contributed by atoms with Crippen molar-refractivity contribution >= 4 is 0 Å². The minimum Gasteiger partial charge on any atom is -0.490 e. The van der Waals surface area contributed by atoms with Gasteiger partial charge in [0.05, 0.1) is 19.8 Å². The number of methoxy groups -OCH3 is 1. The average Bonchev–Trinajstić information content (AvgIpc) is 2.71. The summed E-state index contributed by atoms with van der Waals surface area (Å²) in [5.74, 6) is 2.14. The second-order valence-electron chi connectivity index (χ2n) is 5.28. The lowest BCUT2D eigenvalue weighted by Crippen LogP contribution is -2.33. The van der Waals surface area contributed by atoms with Crippen molar-refractivity contribution in [2.75, 3.05) is 33.5 Å². The van der Waals surface area contributed by atoms with Crippen molar-refractivity contribution in [3.8, 4) is 11.5 Å². The molecule has 0 saturated heterocycles. The van der Waals surface area contributed by atoms with E-state index in [4.69, 9.17) is 14.2 Å². The van der Waals surface area contributed by atoms with E-state index in [1.807, 2.05) is 6.07 Å². The van der Waals surface area contributed by atoms with Crippen LogP contribution in [-0.4, -0.2) is 39.5 Å². The first-order chi connectivity index (χ1) is 9.72. The first kappa shape index (κ1) is 15.1. The van der Waals surface area contributed by atoms with Gasteiger partial charge in [0.25, 0.3) is 0 Å². The second kappa shape index (κ2) is 7.50. The van der Waals surface area contributed by atoms with Crippen LogP contribution in [0.1, 0.15) is 31.7 Å². The van der Waals surface area contributed by atoms with E-state index in [-0.39, 0.29) is 0 Å². The first-order valence-corrected chi connectivity index (χ1v) is 7.34. The summed E-state index contributed by atoms with van der Waals surface area (Å²) in [5.41, 5.74) is 1.27. The van der Waals surface area contributed by atoms with E-state index >= 15 is 0 Å². The number of benzene rings is 1. The highest BCUT2D eigenvalue weighted by Gasteiger charge is 2.17. The van der Waals surface area contributed by atoms with Crippen molar-refractivity contribution in [2.24, 2.45) is 0 Å². The van der Waals surface area contributed by atoms with Crippen molar-refractivity contribution < 1.29 is 14.2 Å². The fourth-order valence-electron chi connectivity index (χ4n) is 2.32. The van der Waals surface area contributed by atoms with Crippen LogP contribution >= 0.6 is 0 Å². The molecule has 1 heterocycles. The Hall–Kier alpha value is -1.26. The molecule has 0 amide bonds. The highest BCUT2D eigenvalue weighted by Crippen LogP contribution is 2.33. The maximum atomic E-state index is 5.75. The molecule has 2 rings (SSSR count). The Morgan fingerprint density at radius 2 is 1.95 bits per heavy atom. The predicted octanol–water partition coefficient (Wildman–Crippen LogP) is 2.58.